The number of ether oxygens (including phenoxy) is 2. The molecule has 4 heteroatoms. The summed E-state index contributed by atoms with van der Waals surface area (Å²) in [5.41, 5.74) is 1.34. The Hall–Kier alpha value is -1.52. The number of benzene rings is 1. The first-order chi connectivity index (χ1) is 11.9. The van der Waals surface area contributed by atoms with E-state index in [0.29, 0.717) is 30.9 Å². The van der Waals surface area contributed by atoms with Crippen molar-refractivity contribution >= 4 is 0 Å². The standard InChI is InChI=1S/C18H21NO3/c1-19-8-7-18-11-4-5-13(20)17(18)22-16-14(21-2)6-3-10(15(16)18)9-12(11)19/h3-6,11-13,17,20H,7-9H2,1-2H3/t11-,12+,13?,17?,18-/m0/s1/i12D,17D,20D. The van der Waals surface area contributed by atoms with Crippen LogP contribution in [0.3, 0.4) is 0 Å². The fourth-order valence-electron chi connectivity index (χ4n) is 4.88. The van der Waals surface area contributed by atoms with Crippen LogP contribution in [0, 0.1) is 5.92 Å². The van der Waals surface area contributed by atoms with Gasteiger partial charge in [0.1, 0.15) is 12.2 Å². The van der Waals surface area contributed by atoms with Crippen molar-refractivity contribution in [2.45, 2.75) is 36.5 Å². The van der Waals surface area contributed by atoms with Crippen molar-refractivity contribution in [1.82, 2.24) is 4.90 Å². The van der Waals surface area contributed by atoms with E-state index in [1.165, 1.54) is 0 Å². The largest absolute Gasteiger partial charge is 0.493 e. The van der Waals surface area contributed by atoms with Gasteiger partial charge in [0, 0.05) is 24.3 Å². The van der Waals surface area contributed by atoms with E-state index in [-0.39, 0.29) is 5.92 Å². The lowest BCUT2D eigenvalue weighted by atomic mass is 9.53. The van der Waals surface area contributed by atoms with Crippen LogP contribution in [0.1, 0.15) is 20.3 Å². The Morgan fingerprint density at radius 3 is 3.23 bits per heavy atom. The lowest BCUT2D eigenvalue weighted by Crippen LogP contribution is -2.64. The van der Waals surface area contributed by atoms with Gasteiger partial charge < -0.3 is 19.5 Å². The minimum absolute atomic E-state index is 0.191. The molecule has 4 aliphatic rings. The smallest absolute Gasteiger partial charge is 0.211 e. The van der Waals surface area contributed by atoms with Crippen LogP contribution in [0.25, 0.3) is 0 Å². The highest BCUT2D eigenvalue weighted by atomic mass is 16.5. The van der Waals surface area contributed by atoms with Gasteiger partial charge in [-0.15, -0.1) is 0 Å². The summed E-state index contributed by atoms with van der Waals surface area (Å²) in [6.45, 7) is 0.707. The molecule has 1 saturated heterocycles. The molecule has 116 valence electrons. The van der Waals surface area contributed by atoms with Crippen molar-refractivity contribution in [3.8, 4) is 11.5 Å². The summed E-state index contributed by atoms with van der Waals surface area (Å²) in [7, 11) is 3.58. The second kappa shape index (κ2) is 4.06. The molecule has 0 aromatic heterocycles. The number of hydrogen-bond acceptors (Lipinski definition) is 4. The predicted octanol–water partition coefficient (Wildman–Crippen LogP) is 1.50. The zero-order chi connectivity index (χ0) is 17.6. The van der Waals surface area contributed by atoms with E-state index in [1.807, 2.05) is 25.3 Å². The third kappa shape index (κ3) is 1.28. The van der Waals surface area contributed by atoms with Crippen LogP contribution < -0.4 is 9.47 Å². The van der Waals surface area contributed by atoms with Gasteiger partial charge in [-0.25, -0.2) is 0 Å². The third-order valence-corrected chi connectivity index (χ3v) is 5.86. The monoisotopic (exact) mass is 302 g/mol. The molecule has 1 aromatic carbocycles. The lowest BCUT2D eigenvalue weighted by Gasteiger charge is -2.56. The Morgan fingerprint density at radius 2 is 2.41 bits per heavy atom. The maximum absolute atomic E-state index is 9.26. The fourth-order valence-corrected chi connectivity index (χ4v) is 4.88. The molecule has 2 aliphatic heterocycles. The van der Waals surface area contributed by atoms with Gasteiger partial charge in [0.15, 0.2) is 11.5 Å². The summed E-state index contributed by atoms with van der Waals surface area (Å²) in [6.07, 6.45) is 2.71. The van der Waals surface area contributed by atoms with E-state index in [0.717, 1.165) is 11.1 Å². The summed E-state index contributed by atoms with van der Waals surface area (Å²) in [5, 5.41) is 4.91. The molecule has 4 nitrogen and oxygen atoms in total. The molecule has 22 heavy (non-hydrogen) atoms. The SMILES string of the molecule is [2H]OC1C=C[C@H]2[C@@]3([2H])Cc4ccc(OC)c5c4[C@@]2(CCN3C)C1([2H])O5. The molecule has 2 heterocycles. The van der Waals surface area contributed by atoms with Crippen LogP contribution in [0.15, 0.2) is 24.3 Å². The molecule has 0 saturated carbocycles. The number of hydrogen-bond donors (Lipinski definition) is 1. The van der Waals surface area contributed by atoms with E-state index in [2.05, 4.69) is 4.90 Å². The average Bonchev–Trinajstić information content (AvgIpc) is 2.87. The number of likely N-dealkylation sites (N-methyl/N-ethyl adjacent to an activating group) is 1. The summed E-state index contributed by atoms with van der Waals surface area (Å²) in [4.78, 5) is 2.08. The molecule has 2 bridgehead atoms. The van der Waals surface area contributed by atoms with E-state index in [9.17, 15) is 2.74 Å². The van der Waals surface area contributed by atoms with Gasteiger partial charge in [0.25, 0.3) is 0 Å². The number of methoxy groups -OCH3 is 1. The summed E-state index contributed by atoms with van der Waals surface area (Å²) >= 11 is 0. The van der Waals surface area contributed by atoms with Crippen molar-refractivity contribution in [2.24, 2.45) is 5.92 Å². The van der Waals surface area contributed by atoms with E-state index >= 15 is 0 Å². The van der Waals surface area contributed by atoms with Crippen LogP contribution in [-0.4, -0.2) is 50.3 Å². The number of piperidine rings is 1. The number of rotatable bonds is 2. The van der Waals surface area contributed by atoms with Gasteiger partial charge in [-0.2, -0.15) is 0 Å². The Morgan fingerprint density at radius 1 is 1.50 bits per heavy atom. The van der Waals surface area contributed by atoms with E-state index in [4.69, 9.17) is 16.0 Å². The summed E-state index contributed by atoms with van der Waals surface area (Å²) in [6, 6.07) is 3.03. The first-order valence-corrected chi connectivity index (χ1v) is 7.83. The quantitative estimate of drug-likeness (QED) is 0.841. The van der Waals surface area contributed by atoms with Crippen LogP contribution in [0.5, 0.6) is 11.5 Å². The number of aliphatic hydroxyl groups excluding tert-OH is 1. The predicted molar refractivity (Wildman–Crippen MR) is 82.5 cm³/mol. The Bertz CT molecular complexity index is 802. The topological polar surface area (TPSA) is 41.9 Å². The first-order valence-electron chi connectivity index (χ1n) is 9.24. The lowest BCUT2D eigenvalue weighted by molar-refractivity contribution is -0.0453. The van der Waals surface area contributed by atoms with Crippen LogP contribution in [-0.2, 0) is 11.8 Å². The van der Waals surface area contributed by atoms with Gasteiger partial charge in [-0.3, -0.25) is 0 Å². The molecule has 5 rings (SSSR count). The number of likely N-dealkylation sites (tertiary alicyclic amines) is 1. The van der Waals surface area contributed by atoms with Crippen LogP contribution in [0.4, 0.5) is 0 Å². The van der Waals surface area contributed by atoms with Crippen molar-refractivity contribution in [2.75, 3.05) is 20.7 Å². The van der Waals surface area contributed by atoms with Gasteiger partial charge >= 0.3 is 0 Å². The van der Waals surface area contributed by atoms with Gasteiger partial charge in [0.2, 0.25) is 1.43 Å². The van der Waals surface area contributed by atoms with Gasteiger partial charge in [-0.1, -0.05) is 18.2 Å². The zero-order valence-corrected chi connectivity index (χ0v) is 12.8. The molecule has 1 N–H and O–H groups in total. The highest BCUT2D eigenvalue weighted by Gasteiger charge is 2.64. The molecule has 1 fully saturated rings. The molecular weight excluding hydrogens is 278 g/mol. The highest BCUT2D eigenvalue weighted by Crippen LogP contribution is 2.62. The summed E-state index contributed by atoms with van der Waals surface area (Å²) < 4.78 is 37.7. The maximum atomic E-state index is 9.26. The number of nitrogens with zero attached hydrogens (tertiary/aromatic N) is 1. The van der Waals surface area contributed by atoms with Gasteiger partial charge in [0.05, 0.1) is 8.48 Å². The minimum atomic E-state index is -1.46. The first kappa shape index (κ1) is 10.3. The fraction of sp³-hybridized carbons (Fsp3) is 0.556. The van der Waals surface area contributed by atoms with Crippen LogP contribution >= 0.6 is 0 Å². The molecule has 0 amide bonds. The Kier molecular flexibility index (Phi) is 1.90. The van der Waals surface area contributed by atoms with Gasteiger partial charge in [-0.05, 0) is 38.1 Å². The molecular formula is C18H21NO3. The molecule has 2 unspecified atom stereocenters. The van der Waals surface area contributed by atoms with Crippen molar-refractivity contribution in [3.05, 3.63) is 35.4 Å². The molecule has 5 atom stereocenters. The molecule has 1 aromatic rings. The van der Waals surface area contributed by atoms with Crippen LogP contribution in [0.2, 0.25) is 0 Å². The maximum Gasteiger partial charge on any atom is 0.211 e. The normalized spacial score (nSPS) is 49.6. The van der Waals surface area contributed by atoms with Crippen molar-refractivity contribution in [3.63, 3.8) is 0 Å². The molecule has 1 spiro atoms. The van der Waals surface area contributed by atoms with E-state index < -0.39 is 23.6 Å². The summed E-state index contributed by atoms with van der Waals surface area (Å²) in [5.74, 6) is 1.01. The Balaban J connectivity index is 1.88. The highest BCUT2D eigenvalue weighted by molar-refractivity contribution is 5.62. The average molecular weight is 302 g/mol. The second-order valence-corrected chi connectivity index (χ2v) is 6.69. The molecule has 2 aliphatic carbocycles. The van der Waals surface area contributed by atoms with Crippen molar-refractivity contribution < 1.29 is 17.3 Å². The second-order valence-electron chi connectivity index (χ2n) is 6.69. The zero-order valence-electron chi connectivity index (χ0n) is 15.8. The number of aliphatic hydroxyl groups is 1. The minimum Gasteiger partial charge on any atom is -0.493 e. The van der Waals surface area contributed by atoms with E-state index in [1.54, 1.807) is 13.2 Å². The Labute approximate surface area is 134 Å². The van der Waals surface area contributed by atoms with Crippen molar-refractivity contribution in [1.29, 1.82) is 1.43 Å². The third-order valence-electron chi connectivity index (χ3n) is 5.86. The molecule has 0 radical (unpaired) electrons.